The molecule has 0 bridgehead atoms. The molecule has 7 heteroatoms. The summed E-state index contributed by atoms with van der Waals surface area (Å²) in [5.41, 5.74) is -1.22. The maximum Gasteiger partial charge on any atom is 0.328 e. The van der Waals surface area contributed by atoms with Gasteiger partial charge in [-0.1, -0.05) is 18.2 Å². The van der Waals surface area contributed by atoms with Crippen molar-refractivity contribution in [2.24, 2.45) is 0 Å². The SMILES string of the molecule is Cc1nc(C(=O)NC(C)(C)C(=O)O)c(O)c2ccc(Oc3ccccc3)cc12. The van der Waals surface area contributed by atoms with Gasteiger partial charge in [-0.15, -0.1) is 0 Å². The summed E-state index contributed by atoms with van der Waals surface area (Å²) >= 11 is 0. The van der Waals surface area contributed by atoms with Crippen molar-refractivity contribution in [2.45, 2.75) is 26.3 Å². The minimum Gasteiger partial charge on any atom is -0.505 e. The lowest BCUT2D eigenvalue weighted by Gasteiger charge is -2.21. The molecule has 1 heterocycles. The van der Waals surface area contributed by atoms with E-state index in [1.807, 2.05) is 30.3 Å². The van der Waals surface area contributed by atoms with Gasteiger partial charge in [0.05, 0.1) is 0 Å². The average molecular weight is 380 g/mol. The Morgan fingerprint density at radius 2 is 1.71 bits per heavy atom. The molecule has 0 radical (unpaired) electrons. The molecule has 0 spiro atoms. The van der Waals surface area contributed by atoms with Crippen molar-refractivity contribution in [2.75, 3.05) is 0 Å². The van der Waals surface area contributed by atoms with E-state index in [9.17, 15) is 19.8 Å². The van der Waals surface area contributed by atoms with E-state index >= 15 is 0 Å². The quantitative estimate of drug-likeness (QED) is 0.624. The second kappa shape index (κ2) is 7.19. The summed E-state index contributed by atoms with van der Waals surface area (Å²) in [4.78, 5) is 27.9. The van der Waals surface area contributed by atoms with Crippen molar-refractivity contribution in [3.05, 3.63) is 59.9 Å². The molecule has 3 aromatic rings. The summed E-state index contributed by atoms with van der Waals surface area (Å²) in [6.07, 6.45) is 0. The number of aromatic hydroxyl groups is 1. The van der Waals surface area contributed by atoms with Crippen molar-refractivity contribution >= 4 is 22.6 Å². The molecule has 0 aliphatic heterocycles. The summed E-state index contributed by atoms with van der Waals surface area (Å²) in [6, 6.07) is 14.3. The molecule has 2 aromatic carbocycles. The van der Waals surface area contributed by atoms with Crippen LogP contribution in [0.2, 0.25) is 0 Å². The van der Waals surface area contributed by atoms with E-state index in [-0.39, 0.29) is 11.4 Å². The zero-order valence-corrected chi connectivity index (χ0v) is 15.7. The Bertz CT molecular complexity index is 1060. The van der Waals surface area contributed by atoms with E-state index < -0.39 is 17.4 Å². The Balaban J connectivity index is 1.98. The lowest BCUT2D eigenvalue weighted by Crippen LogP contribution is -2.49. The number of amides is 1. The predicted octanol–water partition coefficient (Wildman–Crippen LogP) is 3.63. The van der Waals surface area contributed by atoms with Crippen LogP contribution in [0.1, 0.15) is 30.0 Å². The maximum atomic E-state index is 12.5. The molecule has 1 amide bonds. The summed E-state index contributed by atoms with van der Waals surface area (Å²) in [5, 5.41) is 23.1. The molecule has 28 heavy (non-hydrogen) atoms. The Morgan fingerprint density at radius 1 is 1.04 bits per heavy atom. The minimum absolute atomic E-state index is 0.226. The van der Waals surface area contributed by atoms with Gasteiger partial charge in [-0.2, -0.15) is 0 Å². The first-order valence-corrected chi connectivity index (χ1v) is 8.61. The zero-order chi connectivity index (χ0) is 20.5. The van der Waals surface area contributed by atoms with E-state index in [0.717, 1.165) is 0 Å². The van der Waals surface area contributed by atoms with Gasteiger partial charge < -0.3 is 20.3 Å². The van der Waals surface area contributed by atoms with E-state index in [4.69, 9.17) is 4.74 Å². The molecule has 0 saturated carbocycles. The minimum atomic E-state index is -1.50. The van der Waals surface area contributed by atoms with Crippen LogP contribution in [0.25, 0.3) is 10.8 Å². The Kier molecular flexibility index (Phi) is 4.92. The number of rotatable bonds is 5. The number of benzene rings is 2. The first kappa shape index (κ1) is 19.2. The van der Waals surface area contributed by atoms with E-state index in [0.29, 0.717) is 28.0 Å². The summed E-state index contributed by atoms with van der Waals surface area (Å²) in [6.45, 7) is 4.41. The predicted molar refractivity (Wildman–Crippen MR) is 104 cm³/mol. The highest BCUT2D eigenvalue weighted by Gasteiger charge is 2.31. The van der Waals surface area contributed by atoms with Crippen molar-refractivity contribution in [1.29, 1.82) is 0 Å². The molecule has 7 nitrogen and oxygen atoms in total. The van der Waals surface area contributed by atoms with Crippen molar-refractivity contribution in [3.63, 3.8) is 0 Å². The van der Waals surface area contributed by atoms with Crippen molar-refractivity contribution in [1.82, 2.24) is 10.3 Å². The van der Waals surface area contributed by atoms with Gasteiger partial charge in [0.2, 0.25) is 0 Å². The number of carbonyl (C=O) groups excluding carboxylic acids is 1. The molecule has 0 atom stereocenters. The summed E-state index contributed by atoms with van der Waals surface area (Å²) in [5.74, 6) is -1.04. The molecule has 0 saturated heterocycles. The van der Waals surface area contributed by atoms with Gasteiger partial charge in [0.25, 0.3) is 5.91 Å². The third-order valence-electron chi connectivity index (χ3n) is 4.29. The van der Waals surface area contributed by atoms with Crippen LogP contribution in [0.4, 0.5) is 0 Å². The highest BCUT2D eigenvalue weighted by atomic mass is 16.5. The van der Waals surface area contributed by atoms with Gasteiger partial charge in [0.1, 0.15) is 17.0 Å². The molecular formula is C21H20N2O5. The zero-order valence-electron chi connectivity index (χ0n) is 15.7. The fourth-order valence-corrected chi connectivity index (χ4v) is 2.68. The number of aryl methyl sites for hydroxylation is 1. The molecule has 144 valence electrons. The van der Waals surface area contributed by atoms with Crippen LogP contribution in [0.3, 0.4) is 0 Å². The number of hydrogen-bond acceptors (Lipinski definition) is 5. The van der Waals surface area contributed by atoms with E-state index in [1.165, 1.54) is 13.8 Å². The first-order chi connectivity index (χ1) is 13.2. The third-order valence-corrected chi connectivity index (χ3v) is 4.29. The van der Waals surface area contributed by atoms with Crippen LogP contribution in [-0.2, 0) is 4.79 Å². The maximum absolute atomic E-state index is 12.5. The molecule has 0 aliphatic carbocycles. The number of carboxylic acids is 1. The molecule has 0 aliphatic rings. The van der Waals surface area contributed by atoms with Gasteiger partial charge in [-0.05, 0) is 51.1 Å². The topological polar surface area (TPSA) is 109 Å². The lowest BCUT2D eigenvalue weighted by atomic mass is 10.0. The number of pyridine rings is 1. The normalized spacial score (nSPS) is 11.2. The van der Waals surface area contributed by atoms with Crippen LogP contribution < -0.4 is 10.1 Å². The van der Waals surface area contributed by atoms with Gasteiger partial charge in [-0.25, -0.2) is 9.78 Å². The van der Waals surface area contributed by atoms with Crippen LogP contribution in [0, 0.1) is 6.92 Å². The molecule has 0 fully saturated rings. The number of ether oxygens (including phenoxy) is 1. The molecular weight excluding hydrogens is 360 g/mol. The summed E-state index contributed by atoms with van der Waals surface area (Å²) < 4.78 is 5.80. The number of carbonyl (C=O) groups is 2. The van der Waals surface area contributed by atoms with Gasteiger partial charge in [0.15, 0.2) is 11.4 Å². The van der Waals surface area contributed by atoms with Crippen molar-refractivity contribution in [3.8, 4) is 17.2 Å². The highest BCUT2D eigenvalue weighted by Crippen LogP contribution is 2.33. The van der Waals surface area contributed by atoms with Gasteiger partial charge in [0, 0.05) is 16.5 Å². The number of aromatic nitrogens is 1. The summed E-state index contributed by atoms with van der Waals surface area (Å²) in [7, 11) is 0. The fourth-order valence-electron chi connectivity index (χ4n) is 2.68. The van der Waals surface area contributed by atoms with Crippen LogP contribution in [-0.4, -0.2) is 32.6 Å². The van der Waals surface area contributed by atoms with E-state index in [2.05, 4.69) is 10.3 Å². The lowest BCUT2D eigenvalue weighted by molar-refractivity contribution is -0.143. The van der Waals surface area contributed by atoms with Crippen LogP contribution in [0.15, 0.2) is 48.5 Å². The number of fused-ring (bicyclic) bond motifs is 1. The van der Waals surface area contributed by atoms with Crippen LogP contribution in [0.5, 0.6) is 17.2 Å². The Labute approximate surface area is 161 Å². The van der Waals surface area contributed by atoms with Gasteiger partial charge in [-0.3, -0.25) is 4.79 Å². The standard InChI is InChI=1S/C21H20N2O5/c1-12-16-11-14(28-13-7-5-4-6-8-13)9-10-15(16)18(24)17(22-12)19(25)23-21(2,3)20(26)27/h4-11,24H,1-3H3,(H,23,25)(H,26,27). The first-order valence-electron chi connectivity index (χ1n) is 8.61. The Hall–Kier alpha value is -3.61. The largest absolute Gasteiger partial charge is 0.505 e. The Morgan fingerprint density at radius 3 is 2.36 bits per heavy atom. The smallest absolute Gasteiger partial charge is 0.328 e. The number of carboxylic acid groups (broad SMARTS) is 1. The third kappa shape index (κ3) is 3.73. The second-order valence-electron chi connectivity index (χ2n) is 6.90. The average Bonchev–Trinajstić information content (AvgIpc) is 2.65. The number of nitrogens with zero attached hydrogens (tertiary/aromatic N) is 1. The monoisotopic (exact) mass is 380 g/mol. The van der Waals surface area contributed by atoms with Crippen LogP contribution >= 0.6 is 0 Å². The molecule has 1 aromatic heterocycles. The highest BCUT2D eigenvalue weighted by molar-refractivity contribution is 6.04. The fraction of sp³-hybridized carbons (Fsp3) is 0.190. The van der Waals surface area contributed by atoms with Gasteiger partial charge >= 0.3 is 5.97 Å². The number of para-hydroxylation sites is 1. The van der Waals surface area contributed by atoms with E-state index in [1.54, 1.807) is 25.1 Å². The number of hydrogen-bond donors (Lipinski definition) is 3. The molecule has 0 unspecified atom stereocenters. The second-order valence-corrected chi connectivity index (χ2v) is 6.90. The number of nitrogens with one attached hydrogen (secondary N) is 1. The number of aliphatic carboxylic acids is 1. The van der Waals surface area contributed by atoms with Crippen molar-refractivity contribution < 1.29 is 24.5 Å². The molecule has 3 rings (SSSR count). The molecule has 3 N–H and O–H groups in total.